The average molecular weight is 228 g/mol. The van der Waals surface area contributed by atoms with Gasteiger partial charge in [0.25, 0.3) is 0 Å². The van der Waals surface area contributed by atoms with Gasteiger partial charge in [-0.3, -0.25) is 15.1 Å². The number of likely N-dealkylation sites (N-methyl/N-ethyl adjacent to an activating group) is 1. The zero-order valence-corrected chi connectivity index (χ0v) is 10.8. The van der Waals surface area contributed by atoms with Gasteiger partial charge in [-0.2, -0.15) is 0 Å². The molecule has 3 N–H and O–H groups in total. The summed E-state index contributed by atoms with van der Waals surface area (Å²) in [4.78, 5) is 16.3. The summed E-state index contributed by atoms with van der Waals surface area (Å²) in [6.45, 7) is 9.95. The number of rotatable bonds is 3. The topological polar surface area (TPSA) is 61.6 Å². The number of piperazine rings is 1. The fraction of sp³-hybridized carbons (Fsp3) is 0.909. The van der Waals surface area contributed by atoms with E-state index in [0.29, 0.717) is 6.04 Å². The summed E-state index contributed by atoms with van der Waals surface area (Å²) in [6, 6.07) is 0.489. The summed E-state index contributed by atoms with van der Waals surface area (Å²) in [7, 11) is 2.13. The van der Waals surface area contributed by atoms with Gasteiger partial charge in [-0.05, 0) is 27.8 Å². The standard InChI is InChI=1S/C11H24N4O/c1-9-7-14(4)5-6-15(9)8-11(2,3)10(16)13-12/h9H,5-8,12H2,1-4H3,(H,13,16). The number of nitrogens with one attached hydrogen (secondary N) is 1. The van der Waals surface area contributed by atoms with Crippen molar-refractivity contribution in [3.63, 3.8) is 0 Å². The molecular formula is C11H24N4O. The summed E-state index contributed by atoms with van der Waals surface area (Å²) in [5.41, 5.74) is 1.81. The van der Waals surface area contributed by atoms with Gasteiger partial charge in [0, 0.05) is 32.2 Å². The van der Waals surface area contributed by atoms with Crippen LogP contribution >= 0.6 is 0 Å². The van der Waals surface area contributed by atoms with Gasteiger partial charge in [0.1, 0.15) is 0 Å². The minimum absolute atomic E-state index is 0.0985. The number of nitrogens with two attached hydrogens (primary N) is 1. The molecule has 1 aliphatic rings. The van der Waals surface area contributed by atoms with Crippen LogP contribution in [0.4, 0.5) is 0 Å². The van der Waals surface area contributed by atoms with Crippen LogP contribution in [0.1, 0.15) is 20.8 Å². The van der Waals surface area contributed by atoms with Crippen LogP contribution in [-0.2, 0) is 4.79 Å². The molecule has 1 heterocycles. The number of nitrogens with zero attached hydrogens (tertiary/aromatic N) is 2. The summed E-state index contributed by atoms with van der Waals surface area (Å²) >= 11 is 0. The Bertz CT molecular complexity index is 254. The maximum Gasteiger partial charge on any atom is 0.240 e. The van der Waals surface area contributed by atoms with E-state index in [0.717, 1.165) is 26.2 Å². The number of carbonyl (C=O) groups is 1. The molecule has 94 valence electrons. The SMILES string of the molecule is CC1CN(C)CCN1CC(C)(C)C(=O)NN. The van der Waals surface area contributed by atoms with Gasteiger partial charge in [0.15, 0.2) is 0 Å². The molecule has 5 heteroatoms. The van der Waals surface area contributed by atoms with E-state index in [1.165, 1.54) is 0 Å². The molecule has 0 bridgehead atoms. The molecule has 0 aromatic heterocycles. The number of carbonyl (C=O) groups excluding carboxylic acids is 1. The number of amides is 1. The van der Waals surface area contributed by atoms with E-state index in [2.05, 4.69) is 29.2 Å². The lowest BCUT2D eigenvalue weighted by Crippen LogP contribution is -2.55. The van der Waals surface area contributed by atoms with E-state index in [1.54, 1.807) is 0 Å². The first kappa shape index (κ1) is 13.4. The van der Waals surface area contributed by atoms with Gasteiger partial charge in [0.2, 0.25) is 5.91 Å². The molecule has 1 saturated heterocycles. The number of hydrazine groups is 1. The smallest absolute Gasteiger partial charge is 0.240 e. The van der Waals surface area contributed by atoms with Gasteiger partial charge in [-0.15, -0.1) is 0 Å². The second-order valence-corrected chi connectivity index (χ2v) is 5.44. The van der Waals surface area contributed by atoms with Gasteiger partial charge in [0.05, 0.1) is 5.41 Å². The molecular weight excluding hydrogens is 204 g/mol. The van der Waals surface area contributed by atoms with Crippen LogP contribution in [0.5, 0.6) is 0 Å². The summed E-state index contributed by atoms with van der Waals surface area (Å²) < 4.78 is 0. The molecule has 1 amide bonds. The second-order valence-electron chi connectivity index (χ2n) is 5.44. The molecule has 0 aliphatic carbocycles. The molecule has 1 atom stereocenters. The number of hydrogen-bond donors (Lipinski definition) is 2. The zero-order valence-electron chi connectivity index (χ0n) is 10.8. The Morgan fingerprint density at radius 3 is 2.62 bits per heavy atom. The third kappa shape index (κ3) is 3.17. The van der Waals surface area contributed by atoms with Crippen LogP contribution in [0.3, 0.4) is 0 Å². The minimum atomic E-state index is -0.432. The first-order valence-corrected chi connectivity index (χ1v) is 5.80. The summed E-state index contributed by atoms with van der Waals surface area (Å²) in [6.07, 6.45) is 0. The first-order chi connectivity index (χ1) is 7.36. The van der Waals surface area contributed by atoms with Crippen molar-refractivity contribution in [2.24, 2.45) is 11.3 Å². The molecule has 5 nitrogen and oxygen atoms in total. The lowest BCUT2D eigenvalue weighted by atomic mass is 9.91. The minimum Gasteiger partial charge on any atom is -0.304 e. The third-order valence-electron chi connectivity index (χ3n) is 3.31. The Kier molecular flexibility index (Phi) is 4.29. The van der Waals surface area contributed by atoms with Crippen LogP contribution in [0.15, 0.2) is 0 Å². The predicted octanol–water partition coefficient (Wildman–Crippen LogP) is -0.362. The molecule has 1 rings (SSSR count). The zero-order chi connectivity index (χ0) is 12.3. The van der Waals surface area contributed by atoms with Gasteiger partial charge in [-0.25, -0.2) is 5.84 Å². The van der Waals surface area contributed by atoms with Gasteiger partial charge < -0.3 is 4.90 Å². The molecule has 0 saturated carbocycles. The maximum absolute atomic E-state index is 11.6. The predicted molar refractivity (Wildman–Crippen MR) is 64.6 cm³/mol. The van der Waals surface area contributed by atoms with Crippen LogP contribution in [-0.4, -0.2) is 55.0 Å². The van der Waals surface area contributed by atoms with Crippen molar-refractivity contribution in [3.8, 4) is 0 Å². The Labute approximate surface area is 97.9 Å². The van der Waals surface area contributed by atoms with Crippen molar-refractivity contribution in [1.82, 2.24) is 15.2 Å². The van der Waals surface area contributed by atoms with E-state index < -0.39 is 5.41 Å². The lowest BCUT2D eigenvalue weighted by Gasteiger charge is -2.41. The molecule has 1 unspecified atom stereocenters. The molecule has 0 spiro atoms. The molecule has 0 aromatic carbocycles. The van der Waals surface area contributed by atoms with E-state index in [9.17, 15) is 4.79 Å². The monoisotopic (exact) mass is 228 g/mol. The average Bonchev–Trinajstić information content (AvgIpc) is 2.21. The Morgan fingerprint density at radius 2 is 2.12 bits per heavy atom. The molecule has 0 aromatic rings. The highest BCUT2D eigenvalue weighted by Crippen LogP contribution is 2.20. The van der Waals surface area contributed by atoms with Crippen molar-refractivity contribution in [3.05, 3.63) is 0 Å². The van der Waals surface area contributed by atoms with E-state index in [1.807, 2.05) is 13.8 Å². The van der Waals surface area contributed by atoms with Crippen molar-refractivity contribution in [2.75, 3.05) is 33.2 Å². The van der Waals surface area contributed by atoms with Gasteiger partial charge >= 0.3 is 0 Å². The van der Waals surface area contributed by atoms with Crippen LogP contribution in [0.2, 0.25) is 0 Å². The summed E-state index contributed by atoms with van der Waals surface area (Å²) in [5.74, 6) is 5.10. The van der Waals surface area contributed by atoms with Crippen molar-refractivity contribution >= 4 is 5.91 Å². The highest BCUT2D eigenvalue weighted by atomic mass is 16.2. The molecule has 1 fully saturated rings. The van der Waals surface area contributed by atoms with Crippen LogP contribution in [0.25, 0.3) is 0 Å². The van der Waals surface area contributed by atoms with E-state index in [4.69, 9.17) is 5.84 Å². The maximum atomic E-state index is 11.6. The van der Waals surface area contributed by atoms with Crippen molar-refractivity contribution in [2.45, 2.75) is 26.8 Å². The highest BCUT2D eigenvalue weighted by Gasteiger charge is 2.32. The van der Waals surface area contributed by atoms with Crippen LogP contribution in [0, 0.1) is 5.41 Å². The van der Waals surface area contributed by atoms with Crippen molar-refractivity contribution < 1.29 is 4.79 Å². The number of hydrogen-bond acceptors (Lipinski definition) is 4. The normalized spacial score (nSPS) is 24.4. The third-order valence-corrected chi connectivity index (χ3v) is 3.31. The second kappa shape index (κ2) is 5.12. The van der Waals surface area contributed by atoms with Gasteiger partial charge in [-0.1, -0.05) is 0 Å². The van der Waals surface area contributed by atoms with Crippen LogP contribution < -0.4 is 11.3 Å². The Hall–Kier alpha value is -0.650. The highest BCUT2D eigenvalue weighted by molar-refractivity contribution is 5.81. The largest absolute Gasteiger partial charge is 0.304 e. The first-order valence-electron chi connectivity index (χ1n) is 5.80. The molecule has 0 radical (unpaired) electrons. The quantitative estimate of drug-likeness (QED) is 0.393. The molecule has 1 aliphatic heterocycles. The Balaban J connectivity index is 2.56. The summed E-state index contributed by atoms with van der Waals surface area (Å²) in [5, 5.41) is 0. The van der Waals surface area contributed by atoms with E-state index in [-0.39, 0.29) is 5.91 Å². The fourth-order valence-electron chi connectivity index (χ4n) is 2.19. The lowest BCUT2D eigenvalue weighted by molar-refractivity contribution is -0.131. The van der Waals surface area contributed by atoms with Crippen molar-refractivity contribution in [1.29, 1.82) is 0 Å². The van der Waals surface area contributed by atoms with E-state index >= 15 is 0 Å². The Morgan fingerprint density at radius 1 is 1.50 bits per heavy atom. The fourth-order valence-corrected chi connectivity index (χ4v) is 2.19. The molecule has 16 heavy (non-hydrogen) atoms.